The predicted molar refractivity (Wildman–Crippen MR) is 73.1 cm³/mol. The second kappa shape index (κ2) is 6.50. The summed E-state index contributed by atoms with van der Waals surface area (Å²) in [5, 5.41) is 0.211. The third-order valence-corrected chi connectivity index (χ3v) is 3.86. The second-order valence-electron chi connectivity index (χ2n) is 5.07. The average molecular weight is 271 g/mol. The van der Waals surface area contributed by atoms with Crippen LogP contribution in [0.1, 0.15) is 24.8 Å². The number of hydrogen-bond acceptors (Lipinski definition) is 2. The third kappa shape index (κ3) is 3.67. The molecule has 2 nitrogen and oxygen atoms in total. The normalized spacial score (nSPS) is 21.2. The first kappa shape index (κ1) is 13.8. The van der Waals surface area contributed by atoms with Crippen LogP contribution in [0.25, 0.3) is 0 Å². The molecule has 0 aliphatic carbocycles. The van der Waals surface area contributed by atoms with Gasteiger partial charge in [-0.05, 0) is 56.0 Å². The van der Waals surface area contributed by atoms with E-state index in [0.717, 1.165) is 38.2 Å². The summed E-state index contributed by atoms with van der Waals surface area (Å²) in [4.78, 5) is 2.41. The van der Waals surface area contributed by atoms with Crippen LogP contribution >= 0.6 is 11.6 Å². The molecular formula is C14H20ClFN2. The molecule has 1 aliphatic rings. The molecule has 1 unspecified atom stereocenters. The summed E-state index contributed by atoms with van der Waals surface area (Å²) >= 11 is 5.80. The van der Waals surface area contributed by atoms with E-state index in [4.69, 9.17) is 17.3 Å². The molecule has 1 atom stereocenters. The number of hydrogen-bond donors (Lipinski definition) is 1. The minimum Gasteiger partial charge on any atom is -0.330 e. The number of halogens is 2. The van der Waals surface area contributed by atoms with Crippen LogP contribution in [0.2, 0.25) is 5.02 Å². The summed E-state index contributed by atoms with van der Waals surface area (Å²) in [6.45, 7) is 3.81. The van der Waals surface area contributed by atoms with Crippen LogP contribution in [0.4, 0.5) is 4.39 Å². The van der Waals surface area contributed by atoms with Gasteiger partial charge in [-0.3, -0.25) is 4.90 Å². The molecule has 0 amide bonds. The van der Waals surface area contributed by atoms with Gasteiger partial charge in [-0.15, -0.1) is 0 Å². The summed E-state index contributed by atoms with van der Waals surface area (Å²) in [7, 11) is 0. The molecule has 100 valence electrons. The molecule has 4 heteroatoms. The van der Waals surface area contributed by atoms with Crippen LogP contribution in [0.15, 0.2) is 18.2 Å². The largest absolute Gasteiger partial charge is 0.330 e. The van der Waals surface area contributed by atoms with Gasteiger partial charge in [-0.1, -0.05) is 17.7 Å². The fourth-order valence-corrected chi connectivity index (χ4v) is 2.87. The fourth-order valence-electron chi connectivity index (χ4n) is 2.66. The van der Waals surface area contributed by atoms with Gasteiger partial charge < -0.3 is 5.73 Å². The van der Waals surface area contributed by atoms with Crippen molar-refractivity contribution in [1.82, 2.24) is 4.90 Å². The van der Waals surface area contributed by atoms with Gasteiger partial charge in [0.25, 0.3) is 0 Å². The highest BCUT2D eigenvalue weighted by Crippen LogP contribution is 2.22. The van der Waals surface area contributed by atoms with Crippen LogP contribution in [-0.2, 0) is 6.54 Å². The van der Waals surface area contributed by atoms with Crippen molar-refractivity contribution in [3.8, 4) is 0 Å². The molecule has 1 heterocycles. The third-order valence-electron chi connectivity index (χ3n) is 3.57. The average Bonchev–Trinajstić information content (AvgIpc) is 2.35. The van der Waals surface area contributed by atoms with Gasteiger partial charge in [0.05, 0.1) is 5.02 Å². The van der Waals surface area contributed by atoms with E-state index in [-0.39, 0.29) is 10.8 Å². The Morgan fingerprint density at radius 3 is 3.00 bits per heavy atom. The molecule has 1 aromatic rings. The lowest BCUT2D eigenvalue weighted by Gasteiger charge is -2.32. The highest BCUT2D eigenvalue weighted by atomic mass is 35.5. The predicted octanol–water partition coefficient (Wildman–Crippen LogP) is 3.04. The van der Waals surface area contributed by atoms with E-state index in [1.807, 2.05) is 6.07 Å². The summed E-state index contributed by atoms with van der Waals surface area (Å²) in [5.41, 5.74) is 6.69. The lowest BCUT2D eigenvalue weighted by Crippen LogP contribution is -2.35. The SMILES string of the molecule is NCCC1CCCN(Cc2ccc(F)c(Cl)c2)C1. The Morgan fingerprint density at radius 1 is 1.44 bits per heavy atom. The smallest absolute Gasteiger partial charge is 0.141 e. The van der Waals surface area contributed by atoms with Crippen LogP contribution in [-0.4, -0.2) is 24.5 Å². The fraction of sp³-hybridized carbons (Fsp3) is 0.571. The van der Waals surface area contributed by atoms with Crippen molar-refractivity contribution in [2.24, 2.45) is 11.7 Å². The standard InChI is InChI=1S/C14H20ClFN2/c15-13-8-12(3-4-14(13)16)10-18-7-1-2-11(9-18)5-6-17/h3-4,8,11H,1-2,5-7,9-10,17H2. The lowest BCUT2D eigenvalue weighted by molar-refractivity contribution is 0.163. The lowest BCUT2D eigenvalue weighted by atomic mass is 9.94. The van der Waals surface area contributed by atoms with Crippen molar-refractivity contribution in [3.05, 3.63) is 34.6 Å². The van der Waals surface area contributed by atoms with Gasteiger partial charge in [-0.25, -0.2) is 4.39 Å². The van der Waals surface area contributed by atoms with Crippen molar-refractivity contribution >= 4 is 11.6 Å². The minimum atomic E-state index is -0.347. The van der Waals surface area contributed by atoms with Gasteiger partial charge in [-0.2, -0.15) is 0 Å². The molecule has 0 saturated carbocycles. The quantitative estimate of drug-likeness (QED) is 0.911. The molecule has 0 radical (unpaired) electrons. The monoisotopic (exact) mass is 270 g/mol. The van der Waals surface area contributed by atoms with Gasteiger partial charge >= 0.3 is 0 Å². The Bertz CT molecular complexity index is 395. The van der Waals surface area contributed by atoms with Crippen molar-refractivity contribution in [1.29, 1.82) is 0 Å². The number of piperidine rings is 1. The first-order chi connectivity index (χ1) is 8.69. The van der Waals surface area contributed by atoms with E-state index >= 15 is 0 Å². The Balaban J connectivity index is 1.93. The number of likely N-dealkylation sites (tertiary alicyclic amines) is 1. The summed E-state index contributed by atoms with van der Waals surface area (Å²) < 4.78 is 13.1. The van der Waals surface area contributed by atoms with Crippen molar-refractivity contribution in [2.45, 2.75) is 25.8 Å². The molecule has 1 aliphatic heterocycles. The molecule has 2 N–H and O–H groups in total. The van der Waals surface area contributed by atoms with Crippen molar-refractivity contribution in [3.63, 3.8) is 0 Å². The highest BCUT2D eigenvalue weighted by molar-refractivity contribution is 6.30. The molecular weight excluding hydrogens is 251 g/mol. The Hall–Kier alpha value is -0.640. The van der Waals surface area contributed by atoms with Crippen LogP contribution in [0, 0.1) is 11.7 Å². The second-order valence-corrected chi connectivity index (χ2v) is 5.48. The maximum Gasteiger partial charge on any atom is 0.141 e. The van der Waals surface area contributed by atoms with Gasteiger partial charge in [0.15, 0.2) is 0 Å². The zero-order valence-electron chi connectivity index (χ0n) is 10.5. The van der Waals surface area contributed by atoms with E-state index in [0.29, 0.717) is 5.92 Å². The highest BCUT2D eigenvalue weighted by Gasteiger charge is 2.19. The maximum atomic E-state index is 13.1. The molecule has 0 spiro atoms. The maximum absolute atomic E-state index is 13.1. The topological polar surface area (TPSA) is 29.3 Å². The molecule has 18 heavy (non-hydrogen) atoms. The van der Waals surface area contributed by atoms with Crippen LogP contribution in [0.5, 0.6) is 0 Å². The first-order valence-electron chi connectivity index (χ1n) is 6.55. The van der Waals surface area contributed by atoms with E-state index < -0.39 is 0 Å². The Labute approximate surface area is 113 Å². The number of benzene rings is 1. The van der Waals surface area contributed by atoms with Gasteiger partial charge in [0.2, 0.25) is 0 Å². The van der Waals surface area contributed by atoms with E-state index in [9.17, 15) is 4.39 Å². The molecule has 1 fully saturated rings. The Kier molecular flexibility index (Phi) is 4.98. The van der Waals surface area contributed by atoms with Crippen molar-refractivity contribution < 1.29 is 4.39 Å². The van der Waals surface area contributed by atoms with E-state index in [1.54, 1.807) is 6.07 Å². The molecule has 2 rings (SSSR count). The minimum absolute atomic E-state index is 0.211. The summed E-state index contributed by atoms with van der Waals surface area (Å²) in [6.07, 6.45) is 3.60. The molecule has 0 aromatic heterocycles. The zero-order valence-corrected chi connectivity index (χ0v) is 11.3. The van der Waals surface area contributed by atoms with Gasteiger partial charge in [0.1, 0.15) is 5.82 Å². The molecule has 1 aromatic carbocycles. The summed E-state index contributed by atoms with van der Waals surface area (Å²) in [6, 6.07) is 4.98. The van der Waals surface area contributed by atoms with Crippen LogP contribution < -0.4 is 5.73 Å². The number of nitrogens with two attached hydrogens (primary N) is 1. The molecule has 1 saturated heterocycles. The number of nitrogens with zero attached hydrogens (tertiary/aromatic N) is 1. The summed E-state index contributed by atoms with van der Waals surface area (Å²) in [5.74, 6) is 0.361. The Morgan fingerprint density at radius 2 is 2.28 bits per heavy atom. The van der Waals surface area contributed by atoms with Crippen LogP contribution in [0.3, 0.4) is 0 Å². The van der Waals surface area contributed by atoms with Crippen molar-refractivity contribution in [2.75, 3.05) is 19.6 Å². The molecule has 0 bridgehead atoms. The van der Waals surface area contributed by atoms with Gasteiger partial charge in [0, 0.05) is 13.1 Å². The number of rotatable bonds is 4. The van der Waals surface area contributed by atoms with E-state index in [1.165, 1.54) is 18.9 Å². The first-order valence-corrected chi connectivity index (χ1v) is 6.93. The zero-order chi connectivity index (χ0) is 13.0. The van der Waals surface area contributed by atoms with E-state index in [2.05, 4.69) is 4.90 Å².